The molecule has 0 aliphatic carbocycles. The normalized spacial score (nSPS) is 24.3. The van der Waals surface area contributed by atoms with E-state index in [1.165, 1.54) is 0 Å². The lowest BCUT2D eigenvalue weighted by Gasteiger charge is -2.45. The van der Waals surface area contributed by atoms with Crippen molar-refractivity contribution in [2.45, 2.75) is 55.1 Å². The Morgan fingerprint density at radius 1 is 0.527 bits per heavy atom. The van der Waals surface area contributed by atoms with Gasteiger partial charge < -0.3 is 9.47 Å². The Labute approximate surface area is 315 Å². The monoisotopic (exact) mass is 1000 g/mol. The largest absolute Gasteiger partial charge is 0.397 e. The van der Waals surface area contributed by atoms with Crippen molar-refractivity contribution in [2.24, 2.45) is 0 Å². The molecule has 1 aliphatic rings. The second kappa shape index (κ2) is 21.3. The minimum atomic E-state index is -6.27. The van der Waals surface area contributed by atoms with E-state index in [4.69, 9.17) is 18.6 Å². The molecule has 0 bridgehead atoms. The quantitative estimate of drug-likeness (QED) is 0.0287. The molecule has 0 spiro atoms. The topological polar surface area (TPSA) is 510 Å². The summed E-state index contributed by atoms with van der Waals surface area (Å²) in [4.78, 5) is 0. The number of rotatable bonds is 26. The van der Waals surface area contributed by atoms with E-state index in [1.54, 1.807) is 0 Å². The molecule has 34 nitrogen and oxygen atoms in total. The van der Waals surface area contributed by atoms with Crippen molar-refractivity contribution in [3.63, 3.8) is 0 Å². The lowest BCUT2D eigenvalue weighted by molar-refractivity contribution is -0.311. The van der Waals surface area contributed by atoms with Gasteiger partial charge in [0.25, 0.3) is 43.9 Å². The van der Waals surface area contributed by atoms with Crippen LogP contribution >= 0.6 is 0 Å². The molecule has 0 unspecified atom stereocenters. The minimum Gasteiger partial charge on any atom is -0.341 e. The predicted octanol–water partition coefficient (Wildman–Crippen LogP) is -8.42. The molecule has 5 N–H and O–H groups in total. The SMILES string of the molecule is O=[SH](=O)OC[C@H]1O[C@H](O[C@@H]([C@H](OS(=O)(=O)O)[C@H](COS(=O)(=O)O)O[SH](=O)=O)[C@@H](COS(=O)(=O)O)OS(=O)(=O)O)[C@H](OS(=O)(=O)O)[C@@H](O[SH](=O)=O)[C@@H]1O[SH](=O)=O. The first kappa shape index (κ1) is 51.9. The Kier molecular flexibility index (Phi) is 20.1. The van der Waals surface area contributed by atoms with Crippen LogP contribution in [0.2, 0.25) is 0 Å². The summed E-state index contributed by atoms with van der Waals surface area (Å²) in [5, 5.41) is 0. The molecule has 0 aromatic heterocycles. The zero-order valence-electron chi connectivity index (χ0n) is 25.2. The Morgan fingerprint density at radius 2 is 1.00 bits per heavy atom. The molecular formula is C12H24O34S9. The summed E-state index contributed by atoms with van der Waals surface area (Å²) in [6.45, 7) is -5.85. The average Bonchev–Trinajstić information content (AvgIpc) is 2.93. The summed E-state index contributed by atoms with van der Waals surface area (Å²) in [7, 11) is -47.4. The van der Waals surface area contributed by atoms with Crippen LogP contribution in [0.5, 0.6) is 0 Å². The van der Waals surface area contributed by atoms with Gasteiger partial charge in [0.2, 0.25) is 0 Å². The van der Waals surface area contributed by atoms with Gasteiger partial charge in [-0.05, 0) is 0 Å². The Balaban J connectivity index is 4.40. The highest BCUT2D eigenvalue weighted by atomic mass is 32.3. The van der Waals surface area contributed by atoms with Crippen molar-refractivity contribution in [1.82, 2.24) is 0 Å². The fraction of sp³-hybridized carbons (Fsp3) is 1.00. The lowest BCUT2D eigenvalue weighted by atomic mass is 9.98. The summed E-state index contributed by atoms with van der Waals surface area (Å²) in [5.41, 5.74) is 0. The van der Waals surface area contributed by atoms with Gasteiger partial charge in [0.1, 0.15) is 42.7 Å². The maximum atomic E-state index is 11.9. The van der Waals surface area contributed by atoms with E-state index in [0.717, 1.165) is 0 Å². The van der Waals surface area contributed by atoms with Gasteiger partial charge in [-0.3, -0.25) is 39.5 Å². The van der Waals surface area contributed by atoms with Crippen molar-refractivity contribution in [1.29, 1.82) is 0 Å². The molecule has 0 aromatic rings. The number of ether oxygens (including phenoxy) is 2. The Hall–Kier alpha value is -1.09. The molecule has 0 aromatic carbocycles. The fourth-order valence-electron chi connectivity index (χ4n) is 3.88. The first-order chi connectivity index (χ1) is 24.7. The van der Waals surface area contributed by atoms with Gasteiger partial charge >= 0.3 is 52.0 Å². The first-order valence-electron chi connectivity index (χ1n) is 12.4. The third-order valence-corrected chi connectivity index (χ3v) is 9.32. The van der Waals surface area contributed by atoms with Crippen molar-refractivity contribution in [3.8, 4) is 0 Å². The standard InChI is InChI=1S/C12H24O34S9/c13-47(14)36-1-4-8(42-49(17)18)10(43-50(19)20)11(46-55(33,34)35)12(39-4)40-7(6(44-53(27,28)29)3-38-52(24,25)26)9(45-54(30,31)32)5(41-48(15)16)2-37-51(21,22)23/h4-12,47-50H,1-3H2,(H,21,22,23)(H,24,25,26)(H,27,28,29)(H,30,31,32)(H,33,34,35)/t4-,5+,6-,7-,8-,9-,10+,11-,12-/m1/s1. The van der Waals surface area contributed by atoms with Crippen molar-refractivity contribution in [3.05, 3.63) is 0 Å². The smallest absolute Gasteiger partial charge is 0.341 e. The molecule has 1 aliphatic heterocycles. The van der Waals surface area contributed by atoms with Crippen LogP contribution in [0.4, 0.5) is 0 Å². The highest BCUT2D eigenvalue weighted by molar-refractivity contribution is 7.81. The Morgan fingerprint density at radius 3 is 1.40 bits per heavy atom. The maximum absolute atomic E-state index is 11.9. The molecule has 0 radical (unpaired) electrons. The lowest BCUT2D eigenvalue weighted by Crippen LogP contribution is -2.64. The molecule has 1 saturated heterocycles. The van der Waals surface area contributed by atoms with E-state index in [-0.39, 0.29) is 0 Å². The molecule has 1 fully saturated rings. The minimum absolute atomic E-state index is 1.57. The van der Waals surface area contributed by atoms with Crippen LogP contribution in [-0.4, -0.2) is 173 Å². The summed E-state index contributed by atoms with van der Waals surface area (Å²) >= 11 is 0. The van der Waals surface area contributed by atoms with Crippen LogP contribution in [-0.2, 0) is 143 Å². The third-order valence-electron chi connectivity index (χ3n) is 5.39. The second-order valence-electron chi connectivity index (χ2n) is 9.08. The number of hydrogen-bond donors (Lipinski definition) is 9. The molecule has 330 valence electrons. The van der Waals surface area contributed by atoms with Crippen LogP contribution in [0.1, 0.15) is 0 Å². The van der Waals surface area contributed by atoms with Crippen molar-refractivity contribution >= 4 is 95.9 Å². The summed E-state index contributed by atoms with van der Waals surface area (Å²) in [5.74, 6) is 0. The summed E-state index contributed by atoms with van der Waals surface area (Å²) in [6.07, 6.45) is -28.2. The van der Waals surface area contributed by atoms with Crippen LogP contribution in [0.25, 0.3) is 0 Å². The summed E-state index contributed by atoms with van der Waals surface area (Å²) in [6, 6.07) is 0. The first-order valence-corrected chi connectivity index (χ1v) is 23.6. The predicted molar refractivity (Wildman–Crippen MR) is 160 cm³/mol. The van der Waals surface area contributed by atoms with Crippen LogP contribution in [0.3, 0.4) is 0 Å². The molecule has 0 amide bonds. The van der Waals surface area contributed by atoms with Crippen LogP contribution in [0, 0.1) is 0 Å². The van der Waals surface area contributed by atoms with Gasteiger partial charge in [-0.2, -0.15) is 42.1 Å². The molecule has 9 atom stereocenters. The highest BCUT2D eigenvalue weighted by Gasteiger charge is 2.55. The van der Waals surface area contributed by atoms with Gasteiger partial charge in [-0.15, -0.1) is 0 Å². The molecule has 55 heavy (non-hydrogen) atoms. The van der Waals surface area contributed by atoms with Crippen LogP contribution in [0.15, 0.2) is 0 Å². The van der Waals surface area contributed by atoms with E-state index < -0.39 is 171 Å². The highest BCUT2D eigenvalue weighted by Crippen LogP contribution is 2.33. The van der Waals surface area contributed by atoms with Gasteiger partial charge in [0.05, 0.1) is 19.8 Å². The second-order valence-corrected chi connectivity index (χ2v) is 17.1. The van der Waals surface area contributed by atoms with Gasteiger partial charge in [0.15, 0.2) is 12.4 Å². The van der Waals surface area contributed by atoms with E-state index >= 15 is 0 Å². The van der Waals surface area contributed by atoms with Gasteiger partial charge in [-0.25, -0.2) is 54.6 Å². The van der Waals surface area contributed by atoms with Gasteiger partial charge in [-0.1, -0.05) is 0 Å². The molecule has 43 heteroatoms. The number of hydrogen-bond acceptors (Lipinski definition) is 29. The van der Waals surface area contributed by atoms with E-state index in [1.807, 2.05) is 0 Å². The maximum Gasteiger partial charge on any atom is 0.397 e. The zero-order chi connectivity index (χ0) is 42.9. The zero-order valence-corrected chi connectivity index (χ0v) is 32.9. The molecular weight excluding hydrogens is 977 g/mol. The Bertz CT molecular complexity index is 2140. The van der Waals surface area contributed by atoms with Crippen molar-refractivity contribution < 1.29 is 146 Å². The third kappa shape index (κ3) is 22.0. The van der Waals surface area contributed by atoms with E-state index in [0.29, 0.717) is 0 Å². The van der Waals surface area contributed by atoms with E-state index in [9.17, 15) is 89.4 Å². The fourth-order valence-corrected chi connectivity index (χ4v) is 7.53. The number of thiol groups is 4. The molecule has 1 rings (SSSR count). The molecule has 1 heterocycles. The van der Waals surface area contributed by atoms with E-state index in [2.05, 4.69) is 37.6 Å². The summed E-state index contributed by atoms with van der Waals surface area (Å²) < 4.78 is 301. The van der Waals surface area contributed by atoms with Crippen LogP contribution < -0.4 is 0 Å². The van der Waals surface area contributed by atoms with Crippen molar-refractivity contribution in [2.75, 3.05) is 19.8 Å². The molecule has 0 saturated carbocycles. The average molecular weight is 1000 g/mol. The van der Waals surface area contributed by atoms with Gasteiger partial charge in [0, 0.05) is 0 Å².